The molecule has 1 fully saturated rings. The Balaban J connectivity index is 2.47. The Morgan fingerprint density at radius 3 is 2.84 bits per heavy atom. The highest BCUT2D eigenvalue weighted by molar-refractivity contribution is 6.31. The van der Waals surface area contributed by atoms with Crippen LogP contribution >= 0.6 is 11.6 Å². The summed E-state index contributed by atoms with van der Waals surface area (Å²) in [5.41, 5.74) is -0.303. The van der Waals surface area contributed by atoms with Crippen LogP contribution < -0.4 is 10.2 Å². The number of nitrogens with one attached hydrogen (secondary N) is 1. The van der Waals surface area contributed by atoms with Crippen molar-refractivity contribution in [3.8, 4) is 0 Å². The number of nitrogens with zero attached hydrogens (tertiary/aromatic N) is 1. The Labute approximate surface area is 112 Å². The lowest BCUT2D eigenvalue weighted by Gasteiger charge is -2.20. The number of hydrogen-bond donors (Lipinski definition) is 1. The van der Waals surface area contributed by atoms with Crippen LogP contribution in [0.15, 0.2) is 12.1 Å². The number of ether oxygens (including phenoxy) is 1. The monoisotopic (exact) mass is 290 g/mol. The average Bonchev–Trinajstić information content (AvgIpc) is 2.77. The fraction of sp³-hybridized carbons (Fsp3) is 0.273. The normalized spacial score (nSPS) is 18.4. The summed E-state index contributed by atoms with van der Waals surface area (Å²) in [6.45, 7) is -0.215. The predicted octanol–water partition coefficient (Wildman–Crippen LogP) is 1.69. The molecule has 0 radical (unpaired) electrons. The van der Waals surface area contributed by atoms with E-state index in [1.54, 1.807) is 0 Å². The van der Waals surface area contributed by atoms with Crippen LogP contribution in [0.25, 0.3) is 0 Å². The molecule has 1 aliphatic rings. The molecule has 8 heteroatoms. The second kappa shape index (κ2) is 5.00. The van der Waals surface area contributed by atoms with Crippen molar-refractivity contribution >= 4 is 29.3 Å². The molecule has 2 rings (SSSR count). The molecule has 19 heavy (non-hydrogen) atoms. The van der Waals surface area contributed by atoms with Crippen molar-refractivity contribution in [2.24, 2.45) is 0 Å². The van der Waals surface area contributed by atoms with Gasteiger partial charge in [-0.2, -0.15) is 0 Å². The first-order valence-electron chi connectivity index (χ1n) is 5.28. The molecule has 0 spiro atoms. The van der Waals surface area contributed by atoms with Gasteiger partial charge in [0.15, 0.2) is 11.9 Å². The zero-order valence-electron chi connectivity index (χ0n) is 9.75. The summed E-state index contributed by atoms with van der Waals surface area (Å²) >= 11 is 5.44. The molecule has 1 aliphatic heterocycles. The maximum Gasteiger partial charge on any atom is 0.415 e. The number of carbonyl (C=O) groups excluding carboxylic acids is 2. The Hall–Kier alpha value is -1.89. The molecule has 0 bridgehead atoms. The van der Waals surface area contributed by atoms with E-state index in [2.05, 4.69) is 5.32 Å². The highest BCUT2D eigenvalue weighted by Gasteiger charge is 2.40. The Kier molecular flexibility index (Phi) is 3.57. The van der Waals surface area contributed by atoms with Crippen molar-refractivity contribution in [1.82, 2.24) is 5.32 Å². The first kappa shape index (κ1) is 13.5. The van der Waals surface area contributed by atoms with Gasteiger partial charge in [-0.1, -0.05) is 11.6 Å². The van der Waals surface area contributed by atoms with E-state index >= 15 is 0 Å². The first-order valence-corrected chi connectivity index (χ1v) is 5.66. The molecule has 1 heterocycles. The SMILES string of the molecule is CNC(=O)C1COC(=O)N1c1ccc(F)c(Cl)c1F. The van der Waals surface area contributed by atoms with E-state index < -0.39 is 34.7 Å². The molecule has 1 aromatic rings. The Morgan fingerprint density at radius 2 is 2.21 bits per heavy atom. The van der Waals surface area contributed by atoms with Gasteiger partial charge in [0.2, 0.25) is 5.91 Å². The second-order valence-corrected chi connectivity index (χ2v) is 4.15. The number of likely N-dealkylation sites (N-methyl/N-ethyl adjacent to an activating group) is 1. The molecule has 1 aromatic carbocycles. The van der Waals surface area contributed by atoms with Crippen molar-refractivity contribution in [2.75, 3.05) is 18.6 Å². The van der Waals surface area contributed by atoms with Gasteiger partial charge < -0.3 is 10.1 Å². The van der Waals surface area contributed by atoms with Crippen molar-refractivity contribution in [3.05, 3.63) is 28.8 Å². The number of cyclic esters (lactones) is 1. The maximum absolute atomic E-state index is 13.9. The zero-order chi connectivity index (χ0) is 14.2. The smallest absolute Gasteiger partial charge is 0.415 e. The summed E-state index contributed by atoms with van der Waals surface area (Å²) in [6.07, 6.45) is -0.893. The third-order valence-corrected chi connectivity index (χ3v) is 3.04. The van der Waals surface area contributed by atoms with Crippen LogP contribution in [-0.2, 0) is 9.53 Å². The van der Waals surface area contributed by atoms with Gasteiger partial charge in [-0.3, -0.25) is 9.69 Å². The maximum atomic E-state index is 13.9. The number of anilines is 1. The van der Waals surface area contributed by atoms with Crippen LogP contribution in [0.4, 0.5) is 19.3 Å². The summed E-state index contributed by atoms with van der Waals surface area (Å²) in [4.78, 5) is 24.0. The summed E-state index contributed by atoms with van der Waals surface area (Å²) in [7, 11) is 1.37. The molecule has 1 atom stereocenters. The first-order chi connectivity index (χ1) is 8.97. The third kappa shape index (κ3) is 2.21. The molecule has 0 aromatic heterocycles. The molecule has 1 saturated heterocycles. The molecule has 2 amide bonds. The van der Waals surface area contributed by atoms with Crippen LogP contribution in [0.1, 0.15) is 0 Å². The van der Waals surface area contributed by atoms with Crippen molar-refractivity contribution in [2.45, 2.75) is 6.04 Å². The van der Waals surface area contributed by atoms with Crippen LogP contribution in [0.2, 0.25) is 5.02 Å². The van der Waals surface area contributed by atoms with Gasteiger partial charge in [0.25, 0.3) is 0 Å². The number of halogens is 3. The quantitative estimate of drug-likeness (QED) is 0.843. The van der Waals surface area contributed by atoms with Gasteiger partial charge in [0.1, 0.15) is 17.4 Å². The molecule has 5 nitrogen and oxygen atoms in total. The average molecular weight is 291 g/mol. The van der Waals surface area contributed by atoms with E-state index in [1.165, 1.54) is 7.05 Å². The van der Waals surface area contributed by atoms with Crippen molar-refractivity contribution in [1.29, 1.82) is 0 Å². The molecule has 1 N–H and O–H groups in total. The van der Waals surface area contributed by atoms with Gasteiger partial charge in [-0.05, 0) is 12.1 Å². The van der Waals surface area contributed by atoms with Crippen molar-refractivity contribution < 1.29 is 23.1 Å². The lowest BCUT2D eigenvalue weighted by molar-refractivity contribution is -0.121. The molecule has 102 valence electrons. The number of hydrogen-bond acceptors (Lipinski definition) is 3. The second-order valence-electron chi connectivity index (χ2n) is 3.77. The van der Waals surface area contributed by atoms with Crippen molar-refractivity contribution in [3.63, 3.8) is 0 Å². The highest BCUT2D eigenvalue weighted by atomic mass is 35.5. The minimum Gasteiger partial charge on any atom is -0.446 e. The summed E-state index contributed by atoms with van der Waals surface area (Å²) in [5.74, 6) is -2.59. The number of amides is 2. The van der Waals surface area contributed by atoms with E-state index in [0.717, 1.165) is 17.0 Å². The zero-order valence-corrected chi connectivity index (χ0v) is 10.5. The minimum absolute atomic E-state index is 0.215. The van der Waals surface area contributed by atoms with E-state index in [1.807, 2.05) is 0 Å². The van der Waals surface area contributed by atoms with Gasteiger partial charge in [-0.25, -0.2) is 13.6 Å². The molecular formula is C11H9ClF2N2O3. The predicted molar refractivity (Wildman–Crippen MR) is 63.0 cm³/mol. The Morgan fingerprint density at radius 1 is 1.53 bits per heavy atom. The highest BCUT2D eigenvalue weighted by Crippen LogP contribution is 2.31. The van der Waals surface area contributed by atoms with Gasteiger partial charge >= 0.3 is 6.09 Å². The van der Waals surface area contributed by atoms with E-state index in [4.69, 9.17) is 16.3 Å². The molecule has 0 saturated carbocycles. The Bertz CT molecular complexity index is 553. The van der Waals surface area contributed by atoms with Crippen LogP contribution in [0.3, 0.4) is 0 Å². The van der Waals surface area contributed by atoms with Gasteiger partial charge in [0, 0.05) is 7.05 Å². The fourth-order valence-corrected chi connectivity index (χ4v) is 1.91. The van der Waals surface area contributed by atoms with Crippen LogP contribution in [-0.4, -0.2) is 31.7 Å². The number of carbonyl (C=O) groups is 2. The van der Waals surface area contributed by atoms with Gasteiger partial charge in [0.05, 0.1) is 5.69 Å². The van der Waals surface area contributed by atoms with E-state index in [9.17, 15) is 18.4 Å². The topological polar surface area (TPSA) is 58.6 Å². The van der Waals surface area contributed by atoms with E-state index in [-0.39, 0.29) is 12.3 Å². The lowest BCUT2D eigenvalue weighted by atomic mass is 10.2. The largest absolute Gasteiger partial charge is 0.446 e. The summed E-state index contributed by atoms with van der Waals surface area (Å²) in [6, 6.07) is 0.917. The standard InChI is InChI=1S/C11H9ClF2N2O3/c1-15-10(17)7-4-19-11(18)16(7)6-3-2-5(13)8(12)9(6)14/h2-3,7H,4H2,1H3,(H,15,17). The molecule has 0 aliphatic carbocycles. The summed E-state index contributed by atoms with van der Waals surface area (Å²) in [5, 5.41) is 1.59. The van der Waals surface area contributed by atoms with E-state index in [0.29, 0.717) is 0 Å². The minimum atomic E-state index is -1.12. The van der Waals surface area contributed by atoms with Gasteiger partial charge in [-0.15, -0.1) is 0 Å². The lowest BCUT2D eigenvalue weighted by Crippen LogP contribution is -2.45. The molecular weight excluding hydrogens is 282 g/mol. The van der Waals surface area contributed by atoms with Crippen LogP contribution in [0.5, 0.6) is 0 Å². The number of rotatable bonds is 2. The third-order valence-electron chi connectivity index (χ3n) is 2.70. The summed E-state index contributed by atoms with van der Waals surface area (Å²) < 4.78 is 31.7. The fourth-order valence-electron chi connectivity index (χ4n) is 1.75. The number of benzene rings is 1. The van der Waals surface area contributed by atoms with Crippen LogP contribution in [0, 0.1) is 11.6 Å². The molecule has 1 unspecified atom stereocenters.